The van der Waals surface area contributed by atoms with Crippen molar-refractivity contribution in [1.82, 2.24) is 0 Å². The van der Waals surface area contributed by atoms with Gasteiger partial charge in [0.25, 0.3) is 0 Å². The van der Waals surface area contributed by atoms with Crippen LogP contribution in [0.5, 0.6) is 0 Å². The number of aliphatic carboxylic acids is 1. The van der Waals surface area contributed by atoms with E-state index in [0.717, 1.165) is 11.3 Å². The first-order valence-electron chi connectivity index (χ1n) is 5.52. The molecule has 0 radical (unpaired) electrons. The van der Waals surface area contributed by atoms with Gasteiger partial charge in [-0.1, -0.05) is 18.2 Å². The lowest BCUT2D eigenvalue weighted by Crippen LogP contribution is -2.43. The van der Waals surface area contributed by atoms with Gasteiger partial charge in [-0.05, 0) is 18.1 Å². The van der Waals surface area contributed by atoms with Gasteiger partial charge in [0.05, 0.1) is 6.61 Å². The zero-order chi connectivity index (χ0) is 12.5. The third-order valence-corrected chi connectivity index (χ3v) is 3.35. The monoisotopic (exact) mass is 236 g/mol. The Balaban J connectivity index is 2.31. The maximum Gasteiger partial charge on any atom is 0.320 e. The van der Waals surface area contributed by atoms with Crippen LogP contribution in [0.25, 0.3) is 0 Å². The number of aliphatic hydroxyl groups is 1. The second kappa shape index (κ2) is 4.35. The Hall–Kier alpha value is -1.59. The van der Waals surface area contributed by atoms with E-state index in [4.69, 9.17) is 10.8 Å². The first-order valence-corrected chi connectivity index (χ1v) is 5.52. The minimum Gasteiger partial charge on any atom is -0.480 e. The number of anilines is 1. The van der Waals surface area contributed by atoms with Crippen molar-refractivity contribution in [2.45, 2.75) is 17.9 Å². The molecule has 92 valence electrons. The molecule has 5 heteroatoms. The lowest BCUT2D eigenvalue weighted by atomic mass is 9.78. The van der Waals surface area contributed by atoms with Crippen LogP contribution in [0.15, 0.2) is 24.3 Å². The van der Waals surface area contributed by atoms with E-state index in [9.17, 15) is 9.90 Å². The van der Waals surface area contributed by atoms with Gasteiger partial charge in [0.1, 0.15) is 6.04 Å². The van der Waals surface area contributed by atoms with Gasteiger partial charge in [-0.15, -0.1) is 0 Å². The Morgan fingerprint density at radius 2 is 2.24 bits per heavy atom. The molecule has 2 rings (SSSR count). The molecule has 0 spiro atoms. The zero-order valence-electron chi connectivity index (χ0n) is 9.39. The molecule has 1 heterocycles. The number of carbonyl (C=O) groups is 1. The molecule has 0 fully saturated rings. The number of carboxylic acid groups (broad SMARTS) is 1. The summed E-state index contributed by atoms with van der Waals surface area (Å²) in [5, 5.41) is 21.7. The van der Waals surface area contributed by atoms with Crippen LogP contribution in [-0.2, 0) is 10.2 Å². The SMILES string of the molecule is NC(CC1(CO)CNc2ccccc21)C(=O)O. The molecule has 5 N–H and O–H groups in total. The highest BCUT2D eigenvalue weighted by Gasteiger charge is 2.40. The number of benzene rings is 1. The average Bonchev–Trinajstić information content (AvgIpc) is 2.69. The molecule has 17 heavy (non-hydrogen) atoms. The molecule has 2 atom stereocenters. The van der Waals surface area contributed by atoms with Crippen LogP contribution in [0.2, 0.25) is 0 Å². The number of rotatable bonds is 4. The van der Waals surface area contributed by atoms with Crippen LogP contribution >= 0.6 is 0 Å². The average molecular weight is 236 g/mol. The van der Waals surface area contributed by atoms with Crippen LogP contribution < -0.4 is 11.1 Å². The molecule has 1 aliphatic rings. The van der Waals surface area contributed by atoms with Gasteiger partial charge < -0.3 is 21.3 Å². The first kappa shape index (κ1) is 11.9. The number of nitrogens with two attached hydrogens (primary N) is 1. The van der Waals surface area contributed by atoms with E-state index in [2.05, 4.69) is 5.32 Å². The van der Waals surface area contributed by atoms with Crippen molar-refractivity contribution in [1.29, 1.82) is 0 Å². The van der Waals surface area contributed by atoms with Crippen LogP contribution in [0.4, 0.5) is 5.69 Å². The molecule has 5 nitrogen and oxygen atoms in total. The van der Waals surface area contributed by atoms with Gasteiger partial charge >= 0.3 is 5.97 Å². The largest absolute Gasteiger partial charge is 0.480 e. The van der Waals surface area contributed by atoms with Crippen molar-refractivity contribution in [3.63, 3.8) is 0 Å². The topological polar surface area (TPSA) is 95.6 Å². The molecule has 1 aromatic rings. The number of para-hydroxylation sites is 1. The second-order valence-corrected chi connectivity index (χ2v) is 4.49. The van der Waals surface area contributed by atoms with Crippen molar-refractivity contribution in [2.75, 3.05) is 18.5 Å². The van der Waals surface area contributed by atoms with Crippen LogP contribution in [0, 0.1) is 0 Å². The normalized spacial score (nSPS) is 23.9. The third-order valence-electron chi connectivity index (χ3n) is 3.35. The van der Waals surface area contributed by atoms with Gasteiger partial charge in [0, 0.05) is 17.6 Å². The van der Waals surface area contributed by atoms with Crippen molar-refractivity contribution in [3.05, 3.63) is 29.8 Å². The lowest BCUT2D eigenvalue weighted by Gasteiger charge is -2.28. The second-order valence-electron chi connectivity index (χ2n) is 4.49. The summed E-state index contributed by atoms with van der Waals surface area (Å²) >= 11 is 0. The molecule has 0 saturated heterocycles. The predicted molar refractivity (Wildman–Crippen MR) is 63.9 cm³/mol. The van der Waals surface area contributed by atoms with Gasteiger partial charge in [-0.3, -0.25) is 4.79 Å². The Labute approximate surface area is 99.3 Å². The molecular weight excluding hydrogens is 220 g/mol. The standard InChI is InChI=1S/C12H16N2O3/c13-9(11(16)17)5-12(7-15)6-14-10-4-2-1-3-8(10)12/h1-4,9,14-15H,5-7,13H2,(H,16,17). The van der Waals surface area contributed by atoms with E-state index in [0.29, 0.717) is 6.54 Å². The Bertz CT molecular complexity index is 436. The van der Waals surface area contributed by atoms with Crippen molar-refractivity contribution < 1.29 is 15.0 Å². The first-order chi connectivity index (χ1) is 8.09. The highest BCUT2D eigenvalue weighted by Crippen LogP contribution is 2.39. The molecule has 1 aliphatic heterocycles. The highest BCUT2D eigenvalue weighted by atomic mass is 16.4. The maximum atomic E-state index is 10.8. The molecule has 0 aromatic heterocycles. The minimum atomic E-state index is -1.04. The number of nitrogens with one attached hydrogen (secondary N) is 1. The molecular formula is C12H16N2O3. The van der Waals surface area contributed by atoms with Crippen LogP contribution in [0.3, 0.4) is 0 Å². The molecule has 1 aromatic carbocycles. The number of carboxylic acids is 1. The Kier molecular flexibility index (Phi) is 3.04. The fraction of sp³-hybridized carbons (Fsp3) is 0.417. The summed E-state index contributed by atoms with van der Waals surface area (Å²) in [7, 11) is 0. The van der Waals surface area contributed by atoms with Crippen LogP contribution in [-0.4, -0.2) is 35.4 Å². The quantitative estimate of drug-likeness (QED) is 0.596. The highest BCUT2D eigenvalue weighted by molar-refractivity contribution is 5.74. The minimum absolute atomic E-state index is 0.113. The predicted octanol–water partition coefficient (Wildman–Crippen LogP) is 0.144. The van der Waals surface area contributed by atoms with Gasteiger partial charge in [-0.2, -0.15) is 0 Å². The molecule has 0 aliphatic carbocycles. The summed E-state index contributed by atoms with van der Waals surface area (Å²) in [5.41, 5.74) is 6.87. The van der Waals surface area contributed by atoms with E-state index in [1.165, 1.54) is 0 Å². The number of fused-ring (bicyclic) bond motifs is 1. The third kappa shape index (κ3) is 1.99. The van der Waals surface area contributed by atoms with Crippen molar-refractivity contribution in [3.8, 4) is 0 Å². The van der Waals surface area contributed by atoms with Gasteiger partial charge in [-0.25, -0.2) is 0 Å². The maximum absolute atomic E-state index is 10.8. The van der Waals surface area contributed by atoms with Crippen LogP contribution in [0.1, 0.15) is 12.0 Å². The van der Waals surface area contributed by atoms with Gasteiger partial charge in [0.15, 0.2) is 0 Å². The van der Waals surface area contributed by atoms with E-state index < -0.39 is 17.4 Å². The Morgan fingerprint density at radius 1 is 1.53 bits per heavy atom. The number of hydrogen-bond donors (Lipinski definition) is 4. The summed E-state index contributed by atoms with van der Waals surface area (Å²) in [4.78, 5) is 10.8. The van der Waals surface area contributed by atoms with Crippen molar-refractivity contribution >= 4 is 11.7 Å². The zero-order valence-corrected chi connectivity index (χ0v) is 9.39. The summed E-state index contributed by atoms with van der Waals surface area (Å²) in [5.74, 6) is -1.04. The summed E-state index contributed by atoms with van der Waals surface area (Å²) in [6.07, 6.45) is 0.225. The molecule has 0 bridgehead atoms. The van der Waals surface area contributed by atoms with E-state index >= 15 is 0 Å². The van der Waals surface area contributed by atoms with Gasteiger partial charge in [0.2, 0.25) is 0 Å². The summed E-state index contributed by atoms with van der Waals surface area (Å²) in [6, 6.07) is 6.63. The van der Waals surface area contributed by atoms with E-state index in [1.807, 2.05) is 24.3 Å². The number of hydrogen-bond acceptors (Lipinski definition) is 4. The van der Waals surface area contributed by atoms with Crippen molar-refractivity contribution in [2.24, 2.45) is 5.73 Å². The fourth-order valence-corrected chi connectivity index (χ4v) is 2.36. The molecule has 0 saturated carbocycles. The fourth-order valence-electron chi connectivity index (χ4n) is 2.36. The summed E-state index contributed by atoms with van der Waals surface area (Å²) < 4.78 is 0. The smallest absolute Gasteiger partial charge is 0.320 e. The summed E-state index contributed by atoms with van der Waals surface area (Å²) in [6.45, 7) is 0.405. The number of aliphatic hydroxyl groups excluding tert-OH is 1. The van der Waals surface area contributed by atoms with E-state index in [1.54, 1.807) is 0 Å². The Morgan fingerprint density at radius 3 is 2.88 bits per heavy atom. The molecule has 0 amide bonds. The molecule has 2 unspecified atom stereocenters. The lowest BCUT2D eigenvalue weighted by molar-refractivity contribution is -0.139. The van der Waals surface area contributed by atoms with E-state index in [-0.39, 0.29) is 13.0 Å².